The Labute approximate surface area is 180 Å². The number of aromatic nitrogens is 2. The molecule has 4 rings (SSSR count). The number of aryl methyl sites for hydroxylation is 1. The number of halogens is 1. The molecule has 30 heavy (non-hydrogen) atoms. The molecule has 1 saturated heterocycles. The first-order valence-corrected chi connectivity index (χ1v) is 12.4. The predicted octanol–water partition coefficient (Wildman–Crippen LogP) is 3.90. The van der Waals surface area contributed by atoms with E-state index in [4.69, 9.17) is 9.72 Å². The predicted molar refractivity (Wildman–Crippen MR) is 116 cm³/mol. The van der Waals surface area contributed by atoms with Crippen LogP contribution in [0.15, 0.2) is 52.3 Å². The summed E-state index contributed by atoms with van der Waals surface area (Å²) in [6.45, 7) is 4.37. The number of thioether (sulfide) groups is 1. The number of nitrogens with zero attached hydrogens (tertiary/aromatic N) is 3. The summed E-state index contributed by atoms with van der Waals surface area (Å²) in [6.07, 6.45) is 0.913. The molecule has 2 heterocycles. The molecule has 2 aromatic carbocycles. The Morgan fingerprint density at radius 2 is 1.93 bits per heavy atom. The summed E-state index contributed by atoms with van der Waals surface area (Å²) in [5.41, 5.74) is 1.53. The Hall–Kier alpha value is -1.94. The third-order valence-electron chi connectivity index (χ3n) is 5.05. The van der Waals surface area contributed by atoms with Crippen LogP contribution in [0.1, 0.15) is 19.2 Å². The van der Waals surface area contributed by atoms with Gasteiger partial charge in [-0.05, 0) is 36.8 Å². The molecule has 0 bridgehead atoms. The van der Waals surface area contributed by atoms with E-state index in [1.807, 2.05) is 12.1 Å². The van der Waals surface area contributed by atoms with Gasteiger partial charge in [0.15, 0.2) is 0 Å². The van der Waals surface area contributed by atoms with Gasteiger partial charge in [0, 0.05) is 24.5 Å². The third-order valence-corrected chi connectivity index (χ3v) is 7.99. The van der Waals surface area contributed by atoms with Crippen LogP contribution in [0.5, 0.6) is 0 Å². The second-order valence-electron chi connectivity index (χ2n) is 7.07. The number of hydrogen-bond donors (Lipinski definition) is 0. The first kappa shape index (κ1) is 21.3. The maximum Gasteiger partial charge on any atom is 0.243 e. The number of benzene rings is 2. The van der Waals surface area contributed by atoms with Gasteiger partial charge in [-0.2, -0.15) is 4.31 Å². The summed E-state index contributed by atoms with van der Waals surface area (Å²) in [5.74, 6) is 1.06. The average molecular weight is 450 g/mol. The minimum atomic E-state index is -3.58. The van der Waals surface area contributed by atoms with Crippen molar-refractivity contribution in [3.8, 4) is 0 Å². The van der Waals surface area contributed by atoms with Crippen LogP contribution >= 0.6 is 11.8 Å². The van der Waals surface area contributed by atoms with Crippen LogP contribution in [0.3, 0.4) is 0 Å². The van der Waals surface area contributed by atoms with Crippen LogP contribution in [-0.4, -0.2) is 48.6 Å². The Kier molecular flexibility index (Phi) is 6.43. The first-order valence-electron chi connectivity index (χ1n) is 9.95. The number of hydrogen-bond acceptors (Lipinski definition) is 5. The van der Waals surface area contributed by atoms with E-state index in [-0.39, 0.29) is 10.7 Å². The lowest BCUT2D eigenvalue weighted by atomic mass is 10.3. The average Bonchev–Trinajstić information content (AvgIpc) is 3.11. The van der Waals surface area contributed by atoms with E-state index >= 15 is 0 Å². The second kappa shape index (κ2) is 9.05. The molecule has 0 saturated carbocycles. The summed E-state index contributed by atoms with van der Waals surface area (Å²) in [7, 11) is -3.58. The third kappa shape index (κ3) is 4.25. The second-order valence-corrected chi connectivity index (χ2v) is 10.0. The normalized spacial score (nSPS) is 15.7. The topological polar surface area (TPSA) is 64.4 Å². The van der Waals surface area contributed by atoms with Crippen molar-refractivity contribution in [2.24, 2.45) is 0 Å². The zero-order valence-electron chi connectivity index (χ0n) is 16.8. The standard InChI is InChI=1S/C21H24FN3O3S2/c1-2-9-25-19-8-7-16(30(26,27)24-10-12-28-13-11-24)14-18(19)23-21(25)15-29-20-6-4-3-5-17(20)22/h3-8,14H,2,9-13,15H2,1H3. The minimum Gasteiger partial charge on any atom is -0.379 e. The quantitative estimate of drug-likeness (QED) is 0.512. The van der Waals surface area contributed by atoms with Crippen LogP contribution in [-0.2, 0) is 27.1 Å². The minimum absolute atomic E-state index is 0.242. The number of sulfonamides is 1. The highest BCUT2D eigenvalue weighted by Gasteiger charge is 2.27. The van der Waals surface area contributed by atoms with E-state index in [0.717, 1.165) is 24.3 Å². The lowest BCUT2D eigenvalue weighted by molar-refractivity contribution is 0.0730. The number of fused-ring (bicyclic) bond motifs is 1. The molecule has 3 aromatic rings. The smallest absolute Gasteiger partial charge is 0.243 e. The summed E-state index contributed by atoms with van der Waals surface area (Å²) in [5, 5.41) is 0. The summed E-state index contributed by atoms with van der Waals surface area (Å²) < 4.78 is 48.8. The summed E-state index contributed by atoms with van der Waals surface area (Å²) in [6, 6.07) is 11.8. The van der Waals surface area contributed by atoms with Gasteiger partial charge in [0.2, 0.25) is 10.0 Å². The first-order chi connectivity index (χ1) is 14.5. The Bertz CT molecular complexity index is 1140. The van der Waals surface area contributed by atoms with Gasteiger partial charge in [0.25, 0.3) is 0 Å². The number of rotatable bonds is 7. The van der Waals surface area contributed by atoms with Gasteiger partial charge < -0.3 is 9.30 Å². The van der Waals surface area contributed by atoms with Crippen LogP contribution < -0.4 is 0 Å². The lowest BCUT2D eigenvalue weighted by Crippen LogP contribution is -2.40. The zero-order chi connectivity index (χ0) is 21.1. The molecule has 1 aliphatic rings. The molecule has 0 atom stereocenters. The molecule has 0 unspecified atom stereocenters. The van der Waals surface area contributed by atoms with E-state index < -0.39 is 10.0 Å². The van der Waals surface area contributed by atoms with Crippen molar-refractivity contribution < 1.29 is 17.5 Å². The van der Waals surface area contributed by atoms with Crippen molar-refractivity contribution in [2.45, 2.75) is 35.4 Å². The molecular weight excluding hydrogens is 425 g/mol. The van der Waals surface area contributed by atoms with Gasteiger partial charge in [-0.25, -0.2) is 17.8 Å². The van der Waals surface area contributed by atoms with Crippen LogP contribution in [0.25, 0.3) is 11.0 Å². The maximum absolute atomic E-state index is 14.0. The molecule has 1 aromatic heterocycles. The molecule has 1 aliphatic heterocycles. The van der Waals surface area contributed by atoms with E-state index in [2.05, 4.69) is 11.5 Å². The van der Waals surface area contributed by atoms with E-state index in [1.54, 1.807) is 24.3 Å². The molecule has 0 spiro atoms. The highest BCUT2D eigenvalue weighted by Crippen LogP contribution is 2.29. The van der Waals surface area contributed by atoms with Crippen molar-refractivity contribution in [1.82, 2.24) is 13.9 Å². The molecule has 1 fully saturated rings. The Morgan fingerprint density at radius 3 is 2.67 bits per heavy atom. The molecule has 0 amide bonds. The fraction of sp³-hybridized carbons (Fsp3) is 0.381. The fourth-order valence-corrected chi connectivity index (χ4v) is 5.86. The Balaban J connectivity index is 1.66. The van der Waals surface area contributed by atoms with E-state index in [9.17, 15) is 12.8 Å². The zero-order valence-corrected chi connectivity index (χ0v) is 18.4. The van der Waals surface area contributed by atoms with Crippen molar-refractivity contribution in [2.75, 3.05) is 26.3 Å². The monoisotopic (exact) mass is 449 g/mol. The SMILES string of the molecule is CCCn1c(CSc2ccccc2F)nc2cc(S(=O)(=O)N3CCOCC3)ccc21. The number of morpholine rings is 1. The van der Waals surface area contributed by atoms with Crippen LogP contribution in [0.4, 0.5) is 4.39 Å². The fourth-order valence-electron chi connectivity index (χ4n) is 3.54. The van der Waals surface area contributed by atoms with Crippen molar-refractivity contribution in [3.05, 3.63) is 54.1 Å². The molecule has 0 aliphatic carbocycles. The molecule has 0 N–H and O–H groups in total. The molecular formula is C21H24FN3O3S2. The van der Waals surface area contributed by atoms with Gasteiger partial charge in [0.1, 0.15) is 11.6 Å². The summed E-state index contributed by atoms with van der Waals surface area (Å²) in [4.78, 5) is 5.52. The largest absolute Gasteiger partial charge is 0.379 e. The number of imidazole rings is 1. The Morgan fingerprint density at radius 1 is 1.17 bits per heavy atom. The van der Waals surface area contributed by atoms with Gasteiger partial charge in [-0.15, -0.1) is 11.8 Å². The van der Waals surface area contributed by atoms with Crippen molar-refractivity contribution >= 4 is 32.8 Å². The highest BCUT2D eigenvalue weighted by molar-refractivity contribution is 7.98. The van der Waals surface area contributed by atoms with E-state index in [1.165, 1.54) is 22.1 Å². The van der Waals surface area contributed by atoms with Crippen LogP contribution in [0.2, 0.25) is 0 Å². The summed E-state index contributed by atoms with van der Waals surface area (Å²) >= 11 is 1.39. The van der Waals surface area contributed by atoms with Gasteiger partial charge in [-0.1, -0.05) is 19.1 Å². The van der Waals surface area contributed by atoms with Gasteiger partial charge in [-0.3, -0.25) is 0 Å². The highest BCUT2D eigenvalue weighted by atomic mass is 32.2. The molecule has 0 radical (unpaired) electrons. The van der Waals surface area contributed by atoms with Gasteiger partial charge >= 0.3 is 0 Å². The van der Waals surface area contributed by atoms with E-state index in [0.29, 0.717) is 42.5 Å². The molecule has 160 valence electrons. The maximum atomic E-state index is 14.0. The van der Waals surface area contributed by atoms with Crippen LogP contribution in [0, 0.1) is 5.82 Å². The number of ether oxygens (including phenoxy) is 1. The van der Waals surface area contributed by atoms with Crippen molar-refractivity contribution in [1.29, 1.82) is 0 Å². The molecule has 9 heteroatoms. The molecule has 6 nitrogen and oxygen atoms in total. The van der Waals surface area contributed by atoms with Crippen molar-refractivity contribution in [3.63, 3.8) is 0 Å². The van der Waals surface area contributed by atoms with Gasteiger partial charge in [0.05, 0.1) is 34.9 Å². The lowest BCUT2D eigenvalue weighted by Gasteiger charge is -2.26.